The lowest BCUT2D eigenvalue weighted by Gasteiger charge is -2.22. The number of pyridine rings is 1. The van der Waals surface area contributed by atoms with Crippen molar-refractivity contribution in [3.63, 3.8) is 0 Å². The van der Waals surface area contributed by atoms with Crippen molar-refractivity contribution in [3.8, 4) is 0 Å². The molecular weight excluding hydrogens is 290 g/mol. The Morgan fingerprint density at radius 3 is 2.87 bits per heavy atom. The highest BCUT2D eigenvalue weighted by atomic mass is 16.2. The van der Waals surface area contributed by atoms with Gasteiger partial charge in [-0.25, -0.2) is 9.67 Å². The lowest BCUT2D eigenvalue weighted by Crippen LogP contribution is -2.34. The second-order valence-electron chi connectivity index (χ2n) is 7.35. The van der Waals surface area contributed by atoms with Crippen LogP contribution in [0.2, 0.25) is 0 Å². The molecule has 0 bridgehead atoms. The number of aromatic nitrogens is 3. The number of carbonyl (C=O) groups is 1. The molecule has 6 heteroatoms. The highest BCUT2D eigenvalue weighted by molar-refractivity contribution is 5.97. The minimum Gasteiger partial charge on any atom is -0.338 e. The van der Waals surface area contributed by atoms with E-state index in [1.165, 1.54) is 0 Å². The second-order valence-corrected chi connectivity index (χ2v) is 7.35. The van der Waals surface area contributed by atoms with E-state index >= 15 is 0 Å². The lowest BCUT2D eigenvalue weighted by molar-refractivity contribution is 0.0776. The van der Waals surface area contributed by atoms with Gasteiger partial charge in [0, 0.05) is 31.2 Å². The van der Waals surface area contributed by atoms with Crippen LogP contribution in [-0.2, 0) is 6.54 Å². The molecule has 0 radical (unpaired) electrons. The number of hydrogen-bond acceptors (Lipinski definition) is 4. The number of nitrogens with two attached hydrogens (primary N) is 1. The molecule has 0 aliphatic carbocycles. The molecule has 1 aliphatic rings. The molecule has 1 fully saturated rings. The Labute approximate surface area is 136 Å². The molecule has 23 heavy (non-hydrogen) atoms. The lowest BCUT2D eigenvalue weighted by atomic mass is 9.90. The van der Waals surface area contributed by atoms with Gasteiger partial charge in [0.2, 0.25) is 0 Å². The first-order valence-electron chi connectivity index (χ1n) is 8.23. The summed E-state index contributed by atoms with van der Waals surface area (Å²) in [7, 11) is 0. The number of carbonyl (C=O) groups excluding carboxylic acids is 1. The first kappa shape index (κ1) is 15.9. The first-order chi connectivity index (χ1) is 10.9. The molecule has 0 saturated carbocycles. The zero-order valence-corrected chi connectivity index (χ0v) is 14.1. The minimum atomic E-state index is 0.0354. The van der Waals surface area contributed by atoms with Crippen molar-refractivity contribution >= 4 is 16.9 Å². The van der Waals surface area contributed by atoms with Gasteiger partial charge in [0.05, 0.1) is 11.8 Å². The number of nitrogens with zero attached hydrogens (tertiary/aromatic N) is 4. The number of fused-ring (bicyclic) bond motifs is 1. The first-order valence-corrected chi connectivity index (χ1v) is 8.23. The van der Waals surface area contributed by atoms with Crippen molar-refractivity contribution in [1.82, 2.24) is 19.7 Å². The molecule has 6 nitrogen and oxygen atoms in total. The molecular formula is C17H25N5O. The highest BCUT2D eigenvalue weighted by Gasteiger charge is 2.35. The zero-order chi connectivity index (χ0) is 16.6. The predicted molar refractivity (Wildman–Crippen MR) is 90.0 cm³/mol. The van der Waals surface area contributed by atoms with E-state index in [9.17, 15) is 4.79 Å². The third kappa shape index (κ3) is 3.08. The Kier molecular flexibility index (Phi) is 4.10. The number of hydrogen-bond donors (Lipinski definition) is 1. The van der Waals surface area contributed by atoms with E-state index in [-0.39, 0.29) is 11.3 Å². The van der Waals surface area contributed by atoms with Crippen LogP contribution >= 0.6 is 0 Å². The average molecular weight is 315 g/mol. The quantitative estimate of drug-likeness (QED) is 0.935. The van der Waals surface area contributed by atoms with Crippen LogP contribution in [0.5, 0.6) is 0 Å². The summed E-state index contributed by atoms with van der Waals surface area (Å²) < 4.78 is 1.90. The average Bonchev–Trinajstić information content (AvgIpc) is 3.11. The maximum Gasteiger partial charge on any atom is 0.255 e. The Hall–Kier alpha value is -1.95. The SMILES string of the molecule is CC(C)Cn1ncc2cc(C(=O)N3CCC(C)(CN)C3)cnc21. The van der Waals surface area contributed by atoms with E-state index in [4.69, 9.17) is 5.73 Å². The Morgan fingerprint density at radius 1 is 1.43 bits per heavy atom. The van der Waals surface area contributed by atoms with Crippen molar-refractivity contribution in [2.75, 3.05) is 19.6 Å². The summed E-state index contributed by atoms with van der Waals surface area (Å²) in [6.07, 6.45) is 4.41. The second kappa shape index (κ2) is 5.92. The molecule has 1 amide bonds. The molecule has 2 N–H and O–H groups in total. The van der Waals surface area contributed by atoms with Crippen LogP contribution in [0.25, 0.3) is 11.0 Å². The topological polar surface area (TPSA) is 77.0 Å². The van der Waals surface area contributed by atoms with Crippen LogP contribution in [0, 0.1) is 11.3 Å². The normalized spacial score (nSPS) is 21.5. The molecule has 2 aromatic rings. The molecule has 3 rings (SSSR count). The summed E-state index contributed by atoms with van der Waals surface area (Å²) in [4.78, 5) is 19.1. The van der Waals surface area contributed by atoms with Gasteiger partial charge < -0.3 is 10.6 Å². The molecule has 1 unspecified atom stereocenters. The van der Waals surface area contributed by atoms with Gasteiger partial charge in [0.1, 0.15) is 0 Å². The maximum absolute atomic E-state index is 12.7. The van der Waals surface area contributed by atoms with Crippen molar-refractivity contribution in [2.45, 2.75) is 33.7 Å². The van der Waals surface area contributed by atoms with Gasteiger partial charge in [-0.15, -0.1) is 0 Å². The monoisotopic (exact) mass is 315 g/mol. The summed E-state index contributed by atoms with van der Waals surface area (Å²) in [6.45, 7) is 9.34. The third-order valence-electron chi connectivity index (χ3n) is 4.60. The summed E-state index contributed by atoms with van der Waals surface area (Å²) in [5, 5.41) is 5.30. The molecule has 124 valence electrons. The third-order valence-corrected chi connectivity index (χ3v) is 4.60. The molecule has 1 atom stereocenters. The predicted octanol–water partition coefficient (Wildman–Crippen LogP) is 1.90. The van der Waals surface area contributed by atoms with Gasteiger partial charge in [0.25, 0.3) is 5.91 Å². The highest BCUT2D eigenvalue weighted by Crippen LogP contribution is 2.29. The molecule has 1 aliphatic heterocycles. The number of likely N-dealkylation sites (tertiary alicyclic amines) is 1. The van der Waals surface area contributed by atoms with Gasteiger partial charge in [-0.05, 0) is 30.4 Å². The van der Waals surface area contributed by atoms with Crippen LogP contribution in [0.4, 0.5) is 0 Å². The molecule has 2 aromatic heterocycles. The fourth-order valence-electron chi connectivity index (χ4n) is 3.11. The van der Waals surface area contributed by atoms with Crippen LogP contribution in [-0.4, -0.2) is 45.2 Å². The summed E-state index contributed by atoms with van der Waals surface area (Å²) in [5.74, 6) is 0.535. The van der Waals surface area contributed by atoms with Gasteiger partial charge >= 0.3 is 0 Å². The van der Waals surface area contributed by atoms with Crippen molar-refractivity contribution < 1.29 is 4.79 Å². The maximum atomic E-state index is 12.7. The van der Waals surface area contributed by atoms with Gasteiger partial charge in [-0.2, -0.15) is 5.10 Å². The Bertz CT molecular complexity index is 723. The molecule has 1 saturated heterocycles. The largest absolute Gasteiger partial charge is 0.338 e. The summed E-state index contributed by atoms with van der Waals surface area (Å²) in [6, 6.07) is 1.90. The Morgan fingerprint density at radius 2 is 2.22 bits per heavy atom. The van der Waals surface area contributed by atoms with Crippen LogP contribution in [0.15, 0.2) is 18.5 Å². The Balaban J connectivity index is 1.82. The fraction of sp³-hybridized carbons (Fsp3) is 0.588. The van der Waals surface area contributed by atoms with E-state index in [0.717, 1.165) is 30.5 Å². The number of amides is 1. The van der Waals surface area contributed by atoms with E-state index in [2.05, 4.69) is 30.9 Å². The van der Waals surface area contributed by atoms with E-state index in [1.54, 1.807) is 12.4 Å². The van der Waals surface area contributed by atoms with Crippen molar-refractivity contribution in [2.24, 2.45) is 17.1 Å². The van der Waals surface area contributed by atoms with Gasteiger partial charge in [-0.3, -0.25) is 4.79 Å². The van der Waals surface area contributed by atoms with Crippen LogP contribution in [0.1, 0.15) is 37.6 Å². The summed E-state index contributed by atoms with van der Waals surface area (Å²) in [5.41, 5.74) is 7.33. The van der Waals surface area contributed by atoms with Gasteiger partial charge in [0.15, 0.2) is 5.65 Å². The van der Waals surface area contributed by atoms with Crippen molar-refractivity contribution in [1.29, 1.82) is 0 Å². The van der Waals surface area contributed by atoms with E-state index < -0.39 is 0 Å². The minimum absolute atomic E-state index is 0.0354. The fourth-order valence-corrected chi connectivity index (χ4v) is 3.11. The standard InChI is InChI=1S/C17H25N5O/c1-12(2)9-22-15-13(8-20-22)6-14(7-19-15)16(23)21-5-4-17(3,10-18)11-21/h6-8,12H,4-5,9-11,18H2,1-3H3. The van der Waals surface area contributed by atoms with Gasteiger partial charge in [-0.1, -0.05) is 20.8 Å². The van der Waals surface area contributed by atoms with Crippen LogP contribution in [0.3, 0.4) is 0 Å². The smallest absolute Gasteiger partial charge is 0.255 e. The molecule has 0 aromatic carbocycles. The van der Waals surface area contributed by atoms with E-state index in [1.807, 2.05) is 15.6 Å². The van der Waals surface area contributed by atoms with Crippen LogP contribution < -0.4 is 5.73 Å². The zero-order valence-electron chi connectivity index (χ0n) is 14.1. The number of rotatable bonds is 4. The van der Waals surface area contributed by atoms with E-state index in [0.29, 0.717) is 24.6 Å². The molecule has 0 spiro atoms. The van der Waals surface area contributed by atoms with Crippen molar-refractivity contribution in [3.05, 3.63) is 24.0 Å². The summed E-state index contributed by atoms with van der Waals surface area (Å²) >= 11 is 0. The molecule has 3 heterocycles.